The van der Waals surface area contributed by atoms with Crippen LogP contribution in [0.4, 0.5) is 0 Å². The van der Waals surface area contributed by atoms with E-state index in [1.807, 2.05) is 18.2 Å². The smallest absolute Gasteiger partial charge is 0.159 e. The molecule has 140 valence electrons. The minimum absolute atomic E-state index is 0.624. The Labute approximate surface area is 174 Å². The molecule has 0 fully saturated rings. The summed E-state index contributed by atoms with van der Waals surface area (Å²) in [5.74, 6) is 0.648. The SMILES string of the molecule is N#Cc1ccc(-c2nccc(-c3ccc(-c4cccc5ccccc45)cc3)n2)cc1. The summed E-state index contributed by atoms with van der Waals surface area (Å²) in [4.78, 5) is 9.12. The highest BCUT2D eigenvalue weighted by atomic mass is 14.9. The van der Waals surface area contributed by atoms with Crippen molar-refractivity contribution in [3.8, 4) is 39.8 Å². The summed E-state index contributed by atoms with van der Waals surface area (Å²) in [6.45, 7) is 0. The van der Waals surface area contributed by atoms with Crippen molar-refractivity contribution in [2.75, 3.05) is 0 Å². The van der Waals surface area contributed by atoms with Crippen LogP contribution in [0.2, 0.25) is 0 Å². The summed E-state index contributed by atoms with van der Waals surface area (Å²) in [7, 11) is 0. The predicted molar refractivity (Wildman–Crippen MR) is 121 cm³/mol. The highest BCUT2D eigenvalue weighted by Gasteiger charge is 2.07. The summed E-state index contributed by atoms with van der Waals surface area (Å²) >= 11 is 0. The molecule has 4 aromatic carbocycles. The Morgan fingerprint density at radius 1 is 0.633 bits per heavy atom. The molecule has 5 rings (SSSR count). The van der Waals surface area contributed by atoms with Gasteiger partial charge in [0.15, 0.2) is 5.82 Å². The average Bonchev–Trinajstić information content (AvgIpc) is 2.84. The molecule has 30 heavy (non-hydrogen) atoms. The van der Waals surface area contributed by atoms with E-state index in [-0.39, 0.29) is 0 Å². The van der Waals surface area contributed by atoms with Gasteiger partial charge in [0.05, 0.1) is 17.3 Å². The van der Waals surface area contributed by atoms with Crippen molar-refractivity contribution in [1.82, 2.24) is 9.97 Å². The van der Waals surface area contributed by atoms with Crippen molar-refractivity contribution < 1.29 is 0 Å². The minimum atomic E-state index is 0.624. The fourth-order valence-corrected chi connectivity index (χ4v) is 3.65. The molecule has 0 radical (unpaired) electrons. The van der Waals surface area contributed by atoms with Gasteiger partial charge in [0.1, 0.15) is 0 Å². The van der Waals surface area contributed by atoms with Crippen molar-refractivity contribution in [3.63, 3.8) is 0 Å². The van der Waals surface area contributed by atoms with Crippen LogP contribution in [-0.4, -0.2) is 9.97 Å². The number of benzene rings is 4. The minimum Gasteiger partial charge on any atom is -0.237 e. The van der Waals surface area contributed by atoms with E-state index in [1.165, 1.54) is 21.9 Å². The van der Waals surface area contributed by atoms with Gasteiger partial charge in [-0.2, -0.15) is 5.26 Å². The number of hydrogen-bond donors (Lipinski definition) is 0. The second-order valence-corrected chi connectivity index (χ2v) is 7.06. The Morgan fingerprint density at radius 2 is 1.33 bits per heavy atom. The van der Waals surface area contributed by atoms with Crippen LogP contribution >= 0.6 is 0 Å². The maximum absolute atomic E-state index is 8.97. The summed E-state index contributed by atoms with van der Waals surface area (Å²) in [5, 5.41) is 11.5. The molecule has 1 aromatic heterocycles. The van der Waals surface area contributed by atoms with E-state index < -0.39 is 0 Å². The molecular formula is C27H17N3. The number of rotatable bonds is 3. The van der Waals surface area contributed by atoms with E-state index >= 15 is 0 Å². The fraction of sp³-hybridized carbons (Fsp3) is 0. The maximum atomic E-state index is 8.97. The van der Waals surface area contributed by atoms with Crippen LogP contribution in [0.3, 0.4) is 0 Å². The third kappa shape index (κ3) is 3.32. The first kappa shape index (κ1) is 17.8. The highest BCUT2D eigenvalue weighted by Crippen LogP contribution is 2.30. The van der Waals surface area contributed by atoms with Crippen molar-refractivity contribution in [3.05, 3.63) is 109 Å². The van der Waals surface area contributed by atoms with Gasteiger partial charge in [0.25, 0.3) is 0 Å². The Balaban J connectivity index is 1.49. The van der Waals surface area contributed by atoms with E-state index in [9.17, 15) is 0 Å². The van der Waals surface area contributed by atoms with Gasteiger partial charge < -0.3 is 0 Å². The Hall–Kier alpha value is -4.29. The normalized spacial score (nSPS) is 10.6. The molecule has 0 aliphatic rings. The molecule has 0 aliphatic heterocycles. The summed E-state index contributed by atoms with van der Waals surface area (Å²) in [6, 6.07) is 34.7. The summed E-state index contributed by atoms with van der Waals surface area (Å²) < 4.78 is 0. The first-order valence-electron chi connectivity index (χ1n) is 9.74. The lowest BCUT2D eigenvalue weighted by atomic mass is 9.97. The zero-order valence-electron chi connectivity index (χ0n) is 16.2. The standard InChI is InChI=1S/C27H17N3/c28-18-19-8-10-23(11-9-19)27-29-17-16-26(30-27)22-14-12-21(13-15-22)25-7-3-5-20-4-1-2-6-24(20)25/h1-17H. The Kier molecular flexibility index (Phi) is 4.51. The molecular weight excluding hydrogens is 366 g/mol. The number of nitrogens with zero attached hydrogens (tertiary/aromatic N) is 3. The van der Waals surface area contributed by atoms with Gasteiger partial charge in [-0.1, -0.05) is 66.7 Å². The predicted octanol–water partition coefficient (Wildman–Crippen LogP) is 6.50. The number of hydrogen-bond acceptors (Lipinski definition) is 3. The van der Waals surface area contributed by atoms with Crippen molar-refractivity contribution >= 4 is 10.8 Å². The first-order chi connectivity index (χ1) is 14.8. The van der Waals surface area contributed by atoms with Gasteiger partial charge in [-0.3, -0.25) is 0 Å². The van der Waals surface area contributed by atoms with Crippen LogP contribution in [0.25, 0.3) is 44.5 Å². The van der Waals surface area contributed by atoms with Gasteiger partial charge in [-0.15, -0.1) is 0 Å². The molecule has 3 heteroatoms. The van der Waals surface area contributed by atoms with Gasteiger partial charge >= 0.3 is 0 Å². The van der Waals surface area contributed by atoms with E-state index in [2.05, 4.69) is 77.8 Å². The number of nitriles is 1. The molecule has 0 N–H and O–H groups in total. The van der Waals surface area contributed by atoms with Crippen LogP contribution in [0, 0.1) is 11.3 Å². The first-order valence-corrected chi connectivity index (χ1v) is 9.74. The van der Waals surface area contributed by atoms with Crippen molar-refractivity contribution in [2.45, 2.75) is 0 Å². The molecule has 3 nitrogen and oxygen atoms in total. The average molecular weight is 383 g/mol. The molecule has 0 aliphatic carbocycles. The van der Waals surface area contributed by atoms with Crippen molar-refractivity contribution in [2.24, 2.45) is 0 Å². The highest BCUT2D eigenvalue weighted by molar-refractivity contribution is 5.96. The molecule has 0 saturated carbocycles. The quantitative estimate of drug-likeness (QED) is 0.357. The van der Waals surface area contributed by atoms with Gasteiger partial charge in [-0.25, -0.2) is 9.97 Å². The Bertz CT molecular complexity index is 1370. The monoisotopic (exact) mass is 383 g/mol. The third-order valence-corrected chi connectivity index (χ3v) is 5.21. The van der Waals surface area contributed by atoms with Crippen LogP contribution in [0.5, 0.6) is 0 Å². The van der Waals surface area contributed by atoms with Gasteiger partial charge in [0.2, 0.25) is 0 Å². The molecule has 0 saturated heterocycles. The van der Waals surface area contributed by atoms with Crippen LogP contribution in [0.1, 0.15) is 5.56 Å². The molecule has 0 atom stereocenters. The number of aromatic nitrogens is 2. The van der Waals surface area contributed by atoms with Gasteiger partial charge in [0, 0.05) is 17.3 Å². The van der Waals surface area contributed by atoms with Crippen molar-refractivity contribution in [1.29, 1.82) is 5.26 Å². The summed E-state index contributed by atoms with van der Waals surface area (Å²) in [6.07, 6.45) is 1.77. The topological polar surface area (TPSA) is 49.6 Å². The summed E-state index contributed by atoms with van der Waals surface area (Å²) in [5.41, 5.74) is 5.82. The third-order valence-electron chi connectivity index (χ3n) is 5.21. The van der Waals surface area contributed by atoms with Crippen LogP contribution < -0.4 is 0 Å². The lowest BCUT2D eigenvalue weighted by Crippen LogP contribution is -1.92. The molecule has 0 spiro atoms. The van der Waals surface area contributed by atoms with Gasteiger partial charge in [-0.05, 0) is 52.2 Å². The molecule has 0 unspecified atom stereocenters. The largest absolute Gasteiger partial charge is 0.237 e. The van der Waals surface area contributed by atoms with E-state index in [1.54, 1.807) is 18.3 Å². The Morgan fingerprint density at radius 3 is 2.13 bits per heavy atom. The molecule has 0 amide bonds. The van der Waals surface area contributed by atoms with E-state index in [0.29, 0.717) is 11.4 Å². The van der Waals surface area contributed by atoms with E-state index in [4.69, 9.17) is 10.2 Å². The second kappa shape index (κ2) is 7.62. The molecule has 1 heterocycles. The molecule has 5 aromatic rings. The second-order valence-electron chi connectivity index (χ2n) is 7.06. The zero-order valence-corrected chi connectivity index (χ0v) is 16.2. The fourth-order valence-electron chi connectivity index (χ4n) is 3.65. The zero-order chi connectivity index (χ0) is 20.3. The van der Waals surface area contributed by atoms with Crippen LogP contribution in [-0.2, 0) is 0 Å². The number of fused-ring (bicyclic) bond motifs is 1. The van der Waals surface area contributed by atoms with Crippen LogP contribution in [0.15, 0.2) is 103 Å². The lowest BCUT2D eigenvalue weighted by Gasteiger charge is -2.09. The lowest BCUT2D eigenvalue weighted by molar-refractivity contribution is 1.18. The van der Waals surface area contributed by atoms with E-state index in [0.717, 1.165) is 16.8 Å². The molecule has 0 bridgehead atoms. The maximum Gasteiger partial charge on any atom is 0.159 e.